The van der Waals surface area contributed by atoms with Gasteiger partial charge in [0, 0.05) is 30.7 Å². The molecule has 0 aliphatic heterocycles. The molecular weight excluding hydrogens is 312 g/mol. The predicted molar refractivity (Wildman–Crippen MR) is 92.3 cm³/mol. The molecule has 6 heteroatoms. The maximum absolute atomic E-state index is 12.6. The van der Waals surface area contributed by atoms with Gasteiger partial charge in [-0.2, -0.15) is 0 Å². The lowest BCUT2D eigenvalue weighted by atomic mass is 10.1. The molecule has 0 unspecified atom stereocenters. The first-order valence-electron chi connectivity index (χ1n) is 7.69. The normalized spacial score (nSPS) is 11.0. The van der Waals surface area contributed by atoms with Gasteiger partial charge in [-0.15, -0.1) is 0 Å². The Hall–Kier alpha value is -1.85. The number of halogens is 1. The topological polar surface area (TPSA) is 52.2 Å². The van der Waals surface area contributed by atoms with Crippen LogP contribution >= 0.6 is 11.6 Å². The number of aromatic amines is 1. The van der Waals surface area contributed by atoms with Crippen LogP contribution in [0, 0.1) is 0 Å². The van der Waals surface area contributed by atoms with Gasteiger partial charge in [0.05, 0.1) is 18.6 Å². The highest BCUT2D eigenvalue weighted by Gasteiger charge is 2.15. The average Bonchev–Trinajstić information content (AvgIpc) is 3.03. The minimum atomic E-state index is 0.149. The number of imidazole rings is 1. The highest BCUT2D eigenvalue weighted by molar-refractivity contribution is 6.30. The Kier molecular flexibility index (Phi) is 6.62. The summed E-state index contributed by atoms with van der Waals surface area (Å²) in [6.07, 6.45) is 4.60. The maximum atomic E-state index is 12.6. The Morgan fingerprint density at radius 1 is 1.22 bits per heavy atom. The van der Waals surface area contributed by atoms with Crippen molar-refractivity contribution in [3.8, 4) is 0 Å². The van der Waals surface area contributed by atoms with Gasteiger partial charge in [-0.1, -0.05) is 23.7 Å². The molecule has 1 heterocycles. The van der Waals surface area contributed by atoms with E-state index in [0.29, 0.717) is 24.5 Å². The highest BCUT2D eigenvalue weighted by atomic mass is 35.5. The zero-order chi connectivity index (χ0) is 16.7. The van der Waals surface area contributed by atoms with E-state index < -0.39 is 0 Å². The predicted octanol–water partition coefficient (Wildman–Crippen LogP) is 2.59. The molecule has 1 aromatic heterocycles. The number of carbonyl (C=O) groups excluding carboxylic acids is 1. The van der Waals surface area contributed by atoms with Crippen molar-refractivity contribution in [1.82, 2.24) is 19.8 Å². The Labute approximate surface area is 142 Å². The number of nitrogens with zero attached hydrogens (tertiary/aromatic N) is 3. The van der Waals surface area contributed by atoms with E-state index >= 15 is 0 Å². The van der Waals surface area contributed by atoms with E-state index in [4.69, 9.17) is 11.6 Å². The van der Waals surface area contributed by atoms with Crippen LogP contribution in [-0.4, -0.2) is 52.9 Å². The molecule has 0 saturated carbocycles. The molecule has 0 aliphatic rings. The number of likely N-dealkylation sites (N-methyl/N-ethyl adjacent to an activating group) is 1. The molecule has 0 radical (unpaired) electrons. The molecule has 0 atom stereocenters. The first-order chi connectivity index (χ1) is 11.0. The van der Waals surface area contributed by atoms with Crippen LogP contribution in [0.25, 0.3) is 0 Å². The number of amides is 1. The Balaban J connectivity index is 1.93. The third kappa shape index (κ3) is 6.04. The number of nitrogens with one attached hydrogen (secondary N) is 1. The molecule has 0 spiro atoms. The van der Waals surface area contributed by atoms with Gasteiger partial charge in [-0.25, -0.2) is 4.98 Å². The lowest BCUT2D eigenvalue weighted by Crippen LogP contribution is -2.36. The van der Waals surface area contributed by atoms with E-state index in [0.717, 1.165) is 24.2 Å². The Bertz CT molecular complexity index is 596. The van der Waals surface area contributed by atoms with Gasteiger partial charge in [-0.3, -0.25) is 4.79 Å². The first kappa shape index (κ1) is 17.5. The molecule has 2 aromatic rings. The largest absolute Gasteiger partial charge is 0.347 e. The van der Waals surface area contributed by atoms with E-state index in [1.54, 1.807) is 12.5 Å². The van der Waals surface area contributed by atoms with Crippen LogP contribution in [-0.2, 0) is 17.8 Å². The summed E-state index contributed by atoms with van der Waals surface area (Å²) in [5, 5.41) is 0.715. The molecular formula is C17H23ClN4O. The smallest absolute Gasteiger partial charge is 0.223 e. The second kappa shape index (κ2) is 8.70. The fraction of sp³-hybridized carbons (Fsp3) is 0.412. The van der Waals surface area contributed by atoms with Gasteiger partial charge in [0.15, 0.2) is 0 Å². The lowest BCUT2D eigenvalue weighted by molar-refractivity contribution is -0.132. The minimum absolute atomic E-state index is 0.149. The quantitative estimate of drug-likeness (QED) is 0.807. The van der Waals surface area contributed by atoms with Crippen molar-refractivity contribution in [3.63, 3.8) is 0 Å². The summed E-state index contributed by atoms with van der Waals surface area (Å²) in [6, 6.07) is 7.65. The monoisotopic (exact) mass is 334 g/mol. The fourth-order valence-corrected chi connectivity index (χ4v) is 2.38. The van der Waals surface area contributed by atoms with Crippen LogP contribution in [0.1, 0.15) is 17.7 Å². The highest BCUT2D eigenvalue weighted by Crippen LogP contribution is 2.12. The van der Waals surface area contributed by atoms with E-state index in [1.165, 1.54) is 0 Å². The van der Waals surface area contributed by atoms with Crippen molar-refractivity contribution in [3.05, 3.63) is 53.1 Å². The summed E-state index contributed by atoms with van der Waals surface area (Å²) >= 11 is 5.89. The number of aryl methyl sites for hydroxylation is 1. The molecule has 0 bridgehead atoms. The molecule has 0 aliphatic carbocycles. The number of hydrogen-bond donors (Lipinski definition) is 1. The van der Waals surface area contributed by atoms with Gasteiger partial charge in [0.25, 0.3) is 0 Å². The number of H-pyrrole nitrogens is 1. The summed E-state index contributed by atoms with van der Waals surface area (Å²) in [6.45, 7) is 2.10. The van der Waals surface area contributed by atoms with Crippen LogP contribution in [0.15, 0.2) is 36.8 Å². The van der Waals surface area contributed by atoms with Crippen LogP contribution in [0.5, 0.6) is 0 Å². The second-order valence-electron chi connectivity index (χ2n) is 5.82. The SMILES string of the molecule is CN(C)CCN(Cc1cnc[nH]1)C(=O)CCc1ccc(Cl)cc1. The van der Waals surface area contributed by atoms with E-state index in [-0.39, 0.29) is 5.91 Å². The third-order valence-electron chi connectivity index (χ3n) is 3.63. The zero-order valence-electron chi connectivity index (χ0n) is 13.6. The number of carbonyl (C=O) groups is 1. The van der Waals surface area contributed by atoms with Crippen molar-refractivity contribution in [2.45, 2.75) is 19.4 Å². The van der Waals surface area contributed by atoms with Crippen LogP contribution < -0.4 is 0 Å². The van der Waals surface area contributed by atoms with Crippen molar-refractivity contribution in [2.75, 3.05) is 27.2 Å². The van der Waals surface area contributed by atoms with Crippen molar-refractivity contribution >= 4 is 17.5 Å². The molecule has 0 saturated heterocycles. The zero-order valence-corrected chi connectivity index (χ0v) is 14.4. The van der Waals surface area contributed by atoms with Gasteiger partial charge in [0.1, 0.15) is 0 Å². The molecule has 5 nitrogen and oxygen atoms in total. The molecule has 1 amide bonds. The van der Waals surface area contributed by atoms with Crippen LogP contribution in [0.2, 0.25) is 5.02 Å². The maximum Gasteiger partial charge on any atom is 0.223 e. The number of hydrogen-bond acceptors (Lipinski definition) is 3. The summed E-state index contributed by atoms with van der Waals surface area (Å²) in [7, 11) is 4.01. The van der Waals surface area contributed by atoms with Gasteiger partial charge >= 0.3 is 0 Å². The number of aromatic nitrogens is 2. The summed E-state index contributed by atoms with van der Waals surface area (Å²) < 4.78 is 0. The molecule has 0 fully saturated rings. The van der Waals surface area contributed by atoms with E-state index in [1.807, 2.05) is 43.3 Å². The molecule has 23 heavy (non-hydrogen) atoms. The van der Waals surface area contributed by atoms with E-state index in [9.17, 15) is 4.79 Å². The van der Waals surface area contributed by atoms with Gasteiger partial charge in [-0.05, 0) is 38.2 Å². The second-order valence-corrected chi connectivity index (χ2v) is 6.26. The van der Waals surface area contributed by atoms with E-state index in [2.05, 4.69) is 14.9 Å². The lowest BCUT2D eigenvalue weighted by Gasteiger charge is -2.24. The van der Waals surface area contributed by atoms with Crippen LogP contribution in [0.4, 0.5) is 0 Å². The molecule has 1 N–H and O–H groups in total. The number of rotatable bonds is 8. The van der Waals surface area contributed by atoms with Crippen molar-refractivity contribution in [2.24, 2.45) is 0 Å². The summed E-state index contributed by atoms with van der Waals surface area (Å²) in [5.74, 6) is 0.149. The van der Waals surface area contributed by atoms with Gasteiger partial charge in [0.2, 0.25) is 5.91 Å². The molecule has 1 aromatic carbocycles. The van der Waals surface area contributed by atoms with Crippen LogP contribution in [0.3, 0.4) is 0 Å². The standard InChI is InChI=1S/C17H23ClN4O/c1-21(2)9-10-22(12-16-11-19-13-20-16)17(23)8-5-14-3-6-15(18)7-4-14/h3-4,6-7,11,13H,5,8-10,12H2,1-2H3,(H,19,20). The Morgan fingerprint density at radius 2 is 1.96 bits per heavy atom. The summed E-state index contributed by atoms with van der Waals surface area (Å²) in [4.78, 5) is 23.6. The van der Waals surface area contributed by atoms with Crippen molar-refractivity contribution in [1.29, 1.82) is 0 Å². The number of benzene rings is 1. The Morgan fingerprint density at radius 3 is 2.57 bits per heavy atom. The van der Waals surface area contributed by atoms with Crippen molar-refractivity contribution < 1.29 is 4.79 Å². The molecule has 2 rings (SSSR count). The average molecular weight is 335 g/mol. The third-order valence-corrected chi connectivity index (χ3v) is 3.88. The van der Waals surface area contributed by atoms with Gasteiger partial charge < -0.3 is 14.8 Å². The minimum Gasteiger partial charge on any atom is -0.347 e. The fourth-order valence-electron chi connectivity index (χ4n) is 2.25. The summed E-state index contributed by atoms with van der Waals surface area (Å²) in [5.41, 5.74) is 2.07. The molecule has 124 valence electrons. The first-order valence-corrected chi connectivity index (χ1v) is 8.06.